The zero-order chi connectivity index (χ0) is 16.0. The molecule has 0 spiro atoms. The first-order chi connectivity index (χ1) is 10.5. The molecule has 0 amide bonds. The maximum absolute atomic E-state index is 4.99. The minimum absolute atomic E-state index is 0.0452. The smallest absolute Gasteiger partial charge is 0.244 e. The van der Waals surface area contributed by atoms with Crippen LogP contribution in [-0.2, 0) is 10.2 Å². The summed E-state index contributed by atoms with van der Waals surface area (Å²) in [7, 11) is 1.65. The molecule has 2 N–H and O–H groups in total. The summed E-state index contributed by atoms with van der Waals surface area (Å²) in [6, 6.07) is 8.21. The van der Waals surface area contributed by atoms with Gasteiger partial charge in [-0.3, -0.25) is 0 Å². The molecule has 6 heteroatoms. The van der Waals surface area contributed by atoms with Crippen LogP contribution in [0.4, 0.5) is 17.5 Å². The zero-order valence-electron chi connectivity index (χ0n) is 13.6. The lowest BCUT2D eigenvalue weighted by Gasteiger charge is -2.23. The van der Waals surface area contributed by atoms with Crippen molar-refractivity contribution in [1.82, 2.24) is 15.2 Å². The summed E-state index contributed by atoms with van der Waals surface area (Å²) in [4.78, 5) is 4.41. The van der Waals surface area contributed by atoms with Crippen LogP contribution in [0.1, 0.15) is 26.3 Å². The topological polar surface area (TPSA) is 72.0 Å². The summed E-state index contributed by atoms with van der Waals surface area (Å²) in [5.41, 5.74) is 2.30. The van der Waals surface area contributed by atoms with Gasteiger partial charge in [0.25, 0.3) is 0 Å². The summed E-state index contributed by atoms with van der Waals surface area (Å²) < 4.78 is 4.99. The van der Waals surface area contributed by atoms with Crippen LogP contribution in [0.3, 0.4) is 0 Å². The maximum Gasteiger partial charge on any atom is 0.244 e. The van der Waals surface area contributed by atoms with E-state index in [1.165, 1.54) is 5.56 Å². The average molecular weight is 301 g/mol. The van der Waals surface area contributed by atoms with Crippen LogP contribution in [0.5, 0.6) is 0 Å². The SMILES string of the molecule is COCCNc1nncc(Nc2ccccc2C(C)(C)C)n1. The molecule has 2 aromatic rings. The number of rotatable bonds is 6. The Balaban J connectivity index is 2.16. The molecule has 2 rings (SSSR count). The first-order valence-corrected chi connectivity index (χ1v) is 7.30. The van der Waals surface area contributed by atoms with E-state index in [2.05, 4.69) is 52.7 Å². The Morgan fingerprint density at radius 1 is 1.18 bits per heavy atom. The summed E-state index contributed by atoms with van der Waals surface area (Å²) >= 11 is 0. The molecule has 1 aromatic carbocycles. The zero-order valence-corrected chi connectivity index (χ0v) is 13.6. The fraction of sp³-hybridized carbons (Fsp3) is 0.438. The molecule has 0 atom stereocenters. The Morgan fingerprint density at radius 3 is 2.68 bits per heavy atom. The number of hydrogen-bond donors (Lipinski definition) is 2. The predicted octanol–water partition coefficient (Wildman–Crippen LogP) is 2.97. The largest absolute Gasteiger partial charge is 0.383 e. The highest BCUT2D eigenvalue weighted by Crippen LogP contribution is 2.30. The molecule has 118 valence electrons. The molecule has 1 aromatic heterocycles. The molecule has 1 heterocycles. The number of hydrogen-bond acceptors (Lipinski definition) is 6. The van der Waals surface area contributed by atoms with Crippen LogP contribution in [0.2, 0.25) is 0 Å². The lowest BCUT2D eigenvalue weighted by Crippen LogP contribution is -2.14. The standard InChI is InChI=1S/C16H23N5O/c1-16(2,3)12-7-5-6-8-13(12)19-14-11-18-21-15(20-14)17-9-10-22-4/h5-8,11H,9-10H2,1-4H3,(H2,17,19,20,21). The number of anilines is 3. The van der Waals surface area contributed by atoms with E-state index in [4.69, 9.17) is 4.74 Å². The third-order valence-corrected chi connectivity index (χ3v) is 3.15. The van der Waals surface area contributed by atoms with Crippen LogP contribution in [0.15, 0.2) is 30.5 Å². The molecule has 0 saturated carbocycles. The van der Waals surface area contributed by atoms with Gasteiger partial charge in [0, 0.05) is 19.3 Å². The lowest BCUT2D eigenvalue weighted by atomic mass is 9.86. The predicted molar refractivity (Wildman–Crippen MR) is 88.6 cm³/mol. The molecule has 0 radical (unpaired) electrons. The van der Waals surface area contributed by atoms with Crippen molar-refractivity contribution in [1.29, 1.82) is 0 Å². The molecule has 0 saturated heterocycles. The third kappa shape index (κ3) is 4.39. The van der Waals surface area contributed by atoms with Gasteiger partial charge in [-0.05, 0) is 17.0 Å². The molecule has 0 unspecified atom stereocenters. The second kappa shape index (κ2) is 7.17. The maximum atomic E-state index is 4.99. The molecule has 22 heavy (non-hydrogen) atoms. The van der Waals surface area contributed by atoms with Crippen molar-refractivity contribution in [2.75, 3.05) is 30.9 Å². The fourth-order valence-electron chi connectivity index (χ4n) is 2.09. The number of nitrogens with zero attached hydrogens (tertiary/aromatic N) is 3. The van der Waals surface area contributed by atoms with Gasteiger partial charge in [0.15, 0.2) is 5.82 Å². The molecule has 0 fully saturated rings. The van der Waals surface area contributed by atoms with E-state index in [9.17, 15) is 0 Å². The Kier molecular flexibility index (Phi) is 5.27. The highest BCUT2D eigenvalue weighted by molar-refractivity contribution is 5.62. The fourth-order valence-corrected chi connectivity index (χ4v) is 2.09. The van der Waals surface area contributed by atoms with E-state index in [1.54, 1.807) is 13.3 Å². The number of benzene rings is 1. The van der Waals surface area contributed by atoms with Gasteiger partial charge in [-0.25, -0.2) is 0 Å². The molecule has 0 bridgehead atoms. The van der Waals surface area contributed by atoms with Crippen molar-refractivity contribution in [3.8, 4) is 0 Å². The first kappa shape index (κ1) is 16.2. The summed E-state index contributed by atoms with van der Waals surface area (Å²) in [6.45, 7) is 7.78. The summed E-state index contributed by atoms with van der Waals surface area (Å²) in [5.74, 6) is 1.14. The number of methoxy groups -OCH3 is 1. The van der Waals surface area contributed by atoms with Gasteiger partial charge in [-0.1, -0.05) is 39.0 Å². The number of nitrogens with one attached hydrogen (secondary N) is 2. The molecular weight excluding hydrogens is 278 g/mol. The van der Waals surface area contributed by atoms with Crippen molar-refractivity contribution >= 4 is 17.5 Å². The molecule has 0 aliphatic carbocycles. The Morgan fingerprint density at radius 2 is 1.95 bits per heavy atom. The van der Waals surface area contributed by atoms with Gasteiger partial charge < -0.3 is 15.4 Å². The Labute approximate surface area is 131 Å². The highest BCUT2D eigenvalue weighted by Gasteiger charge is 2.17. The van der Waals surface area contributed by atoms with Crippen molar-refractivity contribution in [2.24, 2.45) is 0 Å². The molecule has 0 aliphatic heterocycles. The minimum atomic E-state index is 0.0452. The number of para-hydroxylation sites is 1. The number of aromatic nitrogens is 3. The van der Waals surface area contributed by atoms with E-state index in [-0.39, 0.29) is 5.41 Å². The number of ether oxygens (including phenoxy) is 1. The summed E-state index contributed by atoms with van der Waals surface area (Å²) in [6.07, 6.45) is 1.61. The van der Waals surface area contributed by atoms with Crippen LogP contribution >= 0.6 is 0 Å². The molecule has 0 aliphatic rings. The highest BCUT2D eigenvalue weighted by atomic mass is 16.5. The van der Waals surface area contributed by atoms with Gasteiger partial charge in [-0.15, -0.1) is 5.10 Å². The Bertz CT molecular complexity index is 609. The van der Waals surface area contributed by atoms with E-state index < -0.39 is 0 Å². The van der Waals surface area contributed by atoms with Crippen molar-refractivity contribution in [3.63, 3.8) is 0 Å². The van der Waals surface area contributed by atoms with E-state index >= 15 is 0 Å². The Hall–Kier alpha value is -2.21. The van der Waals surface area contributed by atoms with Crippen LogP contribution in [-0.4, -0.2) is 35.4 Å². The van der Waals surface area contributed by atoms with Gasteiger partial charge in [-0.2, -0.15) is 10.1 Å². The lowest BCUT2D eigenvalue weighted by molar-refractivity contribution is 0.210. The second-order valence-corrected chi connectivity index (χ2v) is 6.01. The average Bonchev–Trinajstić information content (AvgIpc) is 2.47. The van der Waals surface area contributed by atoms with E-state index in [0.29, 0.717) is 24.9 Å². The van der Waals surface area contributed by atoms with E-state index in [0.717, 1.165) is 5.69 Å². The van der Waals surface area contributed by atoms with Crippen LogP contribution < -0.4 is 10.6 Å². The van der Waals surface area contributed by atoms with Crippen molar-refractivity contribution in [2.45, 2.75) is 26.2 Å². The van der Waals surface area contributed by atoms with Crippen LogP contribution in [0, 0.1) is 0 Å². The minimum Gasteiger partial charge on any atom is -0.383 e. The first-order valence-electron chi connectivity index (χ1n) is 7.30. The normalized spacial score (nSPS) is 11.3. The van der Waals surface area contributed by atoms with Crippen LogP contribution in [0.25, 0.3) is 0 Å². The third-order valence-electron chi connectivity index (χ3n) is 3.15. The van der Waals surface area contributed by atoms with Crippen molar-refractivity contribution < 1.29 is 4.74 Å². The van der Waals surface area contributed by atoms with Gasteiger partial charge in [0.2, 0.25) is 5.95 Å². The van der Waals surface area contributed by atoms with Gasteiger partial charge in [0.05, 0.1) is 12.8 Å². The molecule has 6 nitrogen and oxygen atoms in total. The second-order valence-electron chi connectivity index (χ2n) is 6.01. The quantitative estimate of drug-likeness (QED) is 0.799. The van der Waals surface area contributed by atoms with Gasteiger partial charge in [0.1, 0.15) is 0 Å². The van der Waals surface area contributed by atoms with Crippen molar-refractivity contribution in [3.05, 3.63) is 36.0 Å². The monoisotopic (exact) mass is 301 g/mol. The molecular formula is C16H23N5O. The van der Waals surface area contributed by atoms with Gasteiger partial charge >= 0.3 is 0 Å². The summed E-state index contributed by atoms with van der Waals surface area (Å²) in [5, 5.41) is 14.3. The van der Waals surface area contributed by atoms with E-state index in [1.807, 2.05) is 18.2 Å².